The van der Waals surface area contributed by atoms with Crippen LogP contribution in [0, 0.1) is 6.92 Å². The van der Waals surface area contributed by atoms with Crippen LogP contribution in [0.4, 0.5) is 0 Å². The smallest absolute Gasteiger partial charge is 0.238 e. The Labute approximate surface area is 152 Å². The van der Waals surface area contributed by atoms with Gasteiger partial charge in [-0.2, -0.15) is 4.98 Å². The molecule has 1 aromatic heterocycles. The molecule has 2 rings (SSSR count). The van der Waals surface area contributed by atoms with Crippen LogP contribution in [0.2, 0.25) is 0 Å². The van der Waals surface area contributed by atoms with Gasteiger partial charge in [0.25, 0.3) is 0 Å². The fourth-order valence-electron chi connectivity index (χ4n) is 1.96. The number of aromatic nitrogens is 2. The number of hydrazine groups is 1. The zero-order valence-electron chi connectivity index (χ0n) is 14.8. The van der Waals surface area contributed by atoms with E-state index >= 15 is 0 Å². The number of hydrogen-bond acceptors (Lipinski definition) is 5. The number of hydrogen-bond donors (Lipinski definition) is 3. The molecule has 1 heterocycles. The number of nitrogens with one attached hydrogen (secondary N) is 3. The van der Waals surface area contributed by atoms with Crippen molar-refractivity contribution in [2.75, 3.05) is 0 Å². The van der Waals surface area contributed by atoms with Gasteiger partial charge < -0.3 is 9.84 Å². The molecule has 0 spiro atoms. The summed E-state index contributed by atoms with van der Waals surface area (Å²) in [6.45, 7) is 7.94. The van der Waals surface area contributed by atoms with Gasteiger partial charge in [-0.15, -0.1) is 0 Å². The number of thiocarbonyl (C=S) groups is 1. The number of rotatable bonds is 4. The highest BCUT2D eigenvalue weighted by Crippen LogP contribution is 2.16. The van der Waals surface area contributed by atoms with Crippen molar-refractivity contribution in [1.29, 1.82) is 0 Å². The van der Waals surface area contributed by atoms with E-state index in [1.54, 1.807) is 0 Å². The van der Waals surface area contributed by atoms with Crippen LogP contribution < -0.4 is 16.2 Å². The second-order valence-electron chi connectivity index (χ2n) is 6.76. The van der Waals surface area contributed by atoms with Crippen molar-refractivity contribution < 1.29 is 9.32 Å². The Morgan fingerprint density at radius 3 is 2.52 bits per heavy atom. The van der Waals surface area contributed by atoms with Gasteiger partial charge in [0, 0.05) is 23.9 Å². The van der Waals surface area contributed by atoms with E-state index in [0.717, 1.165) is 11.1 Å². The van der Waals surface area contributed by atoms with Crippen molar-refractivity contribution in [2.24, 2.45) is 0 Å². The van der Waals surface area contributed by atoms with E-state index in [1.807, 2.05) is 52.0 Å². The van der Waals surface area contributed by atoms with Gasteiger partial charge in [0.05, 0.1) is 0 Å². The van der Waals surface area contributed by atoms with Crippen molar-refractivity contribution in [1.82, 2.24) is 26.3 Å². The number of nitrogens with zero attached hydrogens (tertiary/aromatic N) is 2. The molecule has 0 aliphatic heterocycles. The van der Waals surface area contributed by atoms with Crippen molar-refractivity contribution in [3.8, 4) is 11.4 Å². The van der Waals surface area contributed by atoms with Crippen molar-refractivity contribution >= 4 is 23.2 Å². The highest BCUT2D eigenvalue weighted by atomic mass is 32.1. The Morgan fingerprint density at radius 1 is 1.20 bits per heavy atom. The van der Waals surface area contributed by atoms with E-state index < -0.39 is 0 Å². The van der Waals surface area contributed by atoms with Gasteiger partial charge in [-0.05, 0) is 39.9 Å². The molecule has 8 heteroatoms. The summed E-state index contributed by atoms with van der Waals surface area (Å²) in [4.78, 5) is 16.2. The number of aryl methyl sites for hydroxylation is 2. The van der Waals surface area contributed by atoms with Gasteiger partial charge in [-0.25, -0.2) is 0 Å². The van der Waals surface area contributed by atoms with E-state index in [0.29, 0.717) is 23.2 Å². The molecule has 0 aliphatic carbocycles. The Bertz CT molecular complexity index is 734. The molecule has 0 aliphatic rings. The van der Waals surface area contributed by atoms with E-state index in [4.69, 9.17) is 16.7 Å². The molecular weight excluding hydrogens is 338 g/mol. The van der Waals surface area contributed by atoms with Crippen LogP contribution in [0.15, 0.2) is 28.8 Å². The summed E-state index contributed by atoms with van der Waals surface area (Å²) in [5.74, 6) is 0.721. The molecule has 0 fully saturated rings. The van der Waals surface area contributed by atoms with E-state index in [9.17, 15) is 4.79 Å². The first-order chi connectivity index (χ1) is 11.7. The maximum absolute atomic E-state index is 11.8. The third kappa shape index (κ3) is 6.50. The minimum atomic E-state index is -0.215. The van der Waals surface area contributed by atoms with E-state index in [1.165, 1.54) is 0 Å². The molecule has 0 bridgehead atoms. The van der Waals surface area contributed by atoms with Gasteiger partial charge in [-0.1, -0.05) is 35.0 Å². The SMILES string of the molecule is Cc1ccc(-c2noc(CCC(=O)NNC(=S)NC(C)(C)C)n2)cc1. The van der Waals surface area contributed by atoms with Crippen molar-refractivity contribution in [3.05, 3.63) is 35.7 Å². The maximum atomic E-state index is 11.8. The molecular formula is C17H23N5O2S. The summed E-state index contributed by atoms with van der Waals surface area (Å²) in [6, 6.07) is 7.84. The average Bonchev–Trinajstić information content (AvgIpc) is 2.99. The summed E-state index contributed by atoms with van der Waals surface area (Å²) in [5.41, 5.74) is 7.07. The average molecular weight is 361 g/mol. The predicted octanol–water partition coefficient (Wildman–Crippen LogP) is 2.27. The zero-order chi connectivity index (χ0) is 18.4. The van der Waals surface area contributed by atoms with Crippen LogP contribution in [0.3, 0.4) is 0 Å². The fourth-order valence-corrected chi connectivity index (χ4v) is 2.31. The minimum Gasteiger partial charge on any atom is -0.357 e. The molecule has 134 valence electrons. The van der Waals surface area contributed by atoms with Gasteiger partial charge in [0.2, 0.25) is 17.6 Å². The molecule has 0 saturated heterocycles. The highest BCUT2D eigenvalue weighted by molar-refractivity contribution is 7.80. The topological polar surface area (TPSA) is 92.1 Å². The fraction of sp³-hybridized carbons (Fsp3) is 0.412. The van der Waals surface area contributed by atoms with Gasteiger partial charge >= 0.3 is 0 Å². The quantitative estimate of drug-likeness (QED) is 0.568. The van der Waals surface area contributed by atoms with Crippen molar-refractivity contribution in [3.63, 3.8) is 0 Å². The molecule has 1 amide bonds. The summed E-state index contributed by atoms with van der Waals surface area (Å²) in [5, 5.41) is 7.34. The van der Waals surface area contributed by atoms with E-state index in [-0.39, 0.29) is 17.9 Å². The lowest BCUT2D eigenvalue weighted by Crippen LogP contribution is -2.52. The minimum absolute atomic E-state index is 0.176. The molecule has 0 unspecified atom stereocenters. The Morgan fingerprint density at radius 2 is 1.88 bits per heavy atom. The second kappa shape index (κ2) is 8.06. The Balaban J connectivity index is 1.79. The molecule has 3 N–H and O–H groups in total. The van der Waals surface area contributed by atoms with Crippen LogP contribution in [-0.4, -0.2) is 26.7 Å². The van der Waals surface area contributed by atoms with Crippen LogP contribution >= 0.6 is 12.2 Å². The molecule has 0 atom stereocenters. The predicted molar refractivity (Wildman–Crippen MR) is 99.6 cm³/mol. The third-order valence-corrected chi connectivity index (χ3v) is 3.35. The maximum Gasteiger partial charge on any atom is 0.238 e. The lowest BCUT2D eigenvalue weighted by molar-refractivity contribution is -0.121. The normalized spacial score (nSPS) is 11.0. The number of carbonyl (C=O) groups excluding carboxylic acids is 1. The standard InChI is InChI=1S/C17H23N5O2S/c1-11-5-7-12(8-6-11)15-18-14(24-22-15)10-9-13(23)20-21-16(25)19-17(2,3)4/h5-8H,9-10H2,1-4H3,(H,20,23)(H2,19,21,25). The second-order valence-corrected chi connectivity index (χ2v) is 7.16. The summed E-state index contributed by atoms with van der Waals surface area (Å²) in [6.07, 6.45) is 0.562. The Kier molecular flexibility index (Phi) is 6.08. The molecule has 25 heavy (non-hydrogen) atoms. The summed E-state index contributed by atoms with van der Waals surface area (Å²) < 4.78 is 5.19. The van der Waals surface area contributed by atoms with Crippen LogP contribution in [0.1, 0.15) is 38.6 Å². The monoisotopic (exact) mass is 361 g/mol. The zero-order valence-corrected chi connectivity index (χ0v) is 15.7. The van der Waals surface area contributed by atoms with Gasteiger partial charge in [0.15, 0.2) is 5.11 Å². The lowest BCUT2D eigenvalue weighted by atomic mass is 10.1. The molecule has 2 aromatic rings. The molecule has 0 radical (unpaired) electrons. The summed E-state index contributed by atoms with van der Waals surface area (Å²) in [7, 11) is 0. The Hall–Kier alpha value is -2.48. The van der Waals surface area contributed by atoms with Gasteiger partial charge in [-0.3, -0.25) is 15.6 Å². The molecule has 7 nitrogen and oxygen atoms in total. The van der Waals surface area contributed by atoms with Crippen molar-refractivity contribution in [2.45, 2.75) is 46.1 Å². The number of carbonyl (C=O) groups is 1. The van der Waals surface area contributed by atoms with E-state index in [2.05, 4.69) is 26.3 Å². The first kappa shape index (κ1) is 18.9. The molecule has 0 saturated carbocycles. The highest BCUT2D eigenvalue weighted by Gasteiger charge is 2.13. The molecule has 1 aromatic carbocycles. The van der Waals surface area contributed by atoms with Gasteiger partial charge in [0.1, 0.15) is 0 Å². The summed E-state index contributed by atoms with van der Waals surface area (Å²) >= 11 is 5.09. The van der Waals surface area contributed by atoms with Crippen LogP contribution in [0.5, 0.6) is 0 Å². The first-order valence-electron chi connectivity index (χ1n) is 7.99. The van der Waals surface area contributed by atoms with Crippen LogP contribution in [-0.2, 0) is 11.2 Å². The first-order valence-corrected chi connectivity index (χ1v) is 8.40. The lowest BCUT2D eigenvalue weighted by Gasteiger charge is -2.23. The largest absolute Gasteiger partial charge is 0.357 e. The third-order valence-electron chi connectivity index (χ3n) is 3.15. The number of amides is 1. The number of benzene rings is 1. The van der Waals surface area contributed by atoms with Crippen LogP contribution in [0.25, 0.3) is 11.4 Å².